The van der Waals surface area contributed by atoms with Crippen LogP contribution in [0.3, 0.4) is 0 Å². The van der Waals surface area contributed by atoms with Gasteiger partial charge in [-0.15, -0.1) is 11.3 Å². The van der Waals surface area contributed by atoms with Crippen LogP contribution in [0.1, 0.15) is 15.2 Å². The summed E-state index contributed by atoms with van der Waals surface area (Å²) < 4.78 is 0. The number of rotatable bonds is 1. The molecule has 5 heteroatoms. The summed E-state index contributed by atoms with van der Waals surface area (Å²) in [5, 5.41) is 18.0. The SMILES string of the molecule is N#Cc1cnc2sc(C(=O)O)cc2c1. The fourth-order valence-corrected chi connectivity index (χ4v) is 1.92. The van der Waals surface area contributed by atoms with E-state index < -0.39 is 5.97 Å². The molecule has 0 spiro atoms. The maximum absolute atomic E-state index is 10.6. The number of nitriles is 1. The predicted molar refractivity (Wildman–Crippen MR) is 51.3 cm³/mol. The molecule has 14 heavy (non-hydrogen) atoms. The van der Waals surface area contributed by atoms with Gasteiger partial charge in [0.1, 0.15) is 15.8 Å². The lowest BCUT2D eigenvalue weighted by Gasteiger charge is -1.87. The van der Waals surface area contributed by atoms with E-state index in [0.717, 1.165) is 11.3 Å². The van der Waals surface area contributed by atoms with Crippen LogP contribution in [0.2, 0.25) is 0 Å². The molecule has 0 unspecified atom stereocenters. The molecule has 0 aliphatic heterocycles. The van der Waals surface area contributed by atoms with Crippen molar-refractivity contribution in [2.24, 2.45) is 0 Å². The molecule has 2 aromatic heterocycles. The number of carboxylic acid groups (broad SMARTS) is 1. The molecule has 0 radical (unpaired) electrons. The number of carbonyl (C=O) groups is 1. The van der Waals surface area contributed by atoms with Crippen molar-refractivity contribution in [1.82, 2.24) is 4.98 Å². The second-order valence-corrected chi connectivity index (χ2v) is 3.68. The zero-order chi connectivity index (χ0) is 10.1. The van der Waals surface area contributed by atoms with E-state index in [1.165, 1.54) is 12.3 Å². The Bertz CT molecular complexity index is 553. The number of aromatic carboxylic acids is 1. The van der Waals surface area contributed by atoms with Gasteiger partial charge in [-0.25, -0.2) is 9.78 Å². The summed E-state index contributed by atoms with van der Waals surface area (Å²) in [4.78, 5) is 15.5. The van der Waals surface area contributed by atoms with Crippen LogP contribution in [0.25, 0.3) is 10.2 Å². The Morgan fingerprint density at radius 2 is 2.36 bits per heavy atom. The van der Waals surface area contributed by atoms with Gasteiger partial charge in [-0.1, -0.05) is 0 Å². The molecule has 0 aliphatic carbocycles. The molecule has 2 aromatic rings. The monoisotopic (exact) mass is 204 g/mol. The van der Waals surface area contributed by atoms with Gasteiger partial charge in [0.15, 0.2) is 0 Å². The van der Waals surface area contributed by atoms with E-state index in [2.05, 4.69) is 4.98 Å². The maximum atomic E-state index is 10.6. The van der Waals surface area contributed by atoms with E-state index in [0.29, 0.717) is 15.8 Å². The molecule has 0 fully saturated rings. The van der Waals surface area contributed by atoms with Crippen molar-refractivity contribution in [3.8, 4) is 6.07 Å². The van der Waals surface area contributed by atoms with Gasteiger partial charge in [0.05, 0.1) is 5.56 Å². The molecule has 0 amide bonds. The third-order valence-corrected chi connectivity index (χ3v) is 2.76. The number of hydrogen-bond donors (Lipinski definition) is 1. The molecule has 0 bridgehead atoms. The van der Waals surface area contributed by atoms with Crippen LogP contribution in [0.4, 0.5) is 0 Å². The zero-order valence-electron chi connectivity index (χ0n) is 6.89. The average Bonchev–Trinajstić information content (AvgIpc) is 2.59. The first kappa shape index (κ1) is 8.66. The molecule has 0 aromatic carbocycles. The van der Waals surface area contributed by atoms with Crippen LogP contribution < -0.4 is 0 Å². The van der Waals surface area contributed by atoms with Gasteiger partial charge >= 0.3 is 5.97 Å². The highest BCUT2D eigenvalue weighted by atomic mass is 32.1. The lowest BCUT2D eigenvalue weighted by molar-refractivity contribution is 0.0702. The Hall–Kier alpha value is -1.93. The number of hydrogen-bond acceptors (Lipinski definition) is 4. The van der Waals surface area contributed by atoms with Crippen molar-refractivity contribution in [1.29, 1.82) is 5.26 Å². The van der Waals surface area contributed by atoms with Crippen molar-refractivity contribution in [2.45, 2.75) is 0 Å². The second-order valence-electron chi connectivity index (χ2n) is 2.65. The number of nitrogens with zero attached hydrogens (tertiary/aromatic N) is 2. The Labute approximate surface area is 83.1 Å². The molecule has 4 nitrogen and oxygen atoms in total. The summed E-state index contributed by atoms with van der Waals surface area (Å²) >= 11 is 1.10. The van der Waals surface area contributed by atoms with Crippen LogP contribution in [0.15, 0.2) is 18.3 Å². The van der Waals surface area contributed by atoms with Crippen LogP contribution in [0, 0.1) is 11.3 Å². The molecular weight excluding hydrogens is 200 g/mol. The standard InChI is InChI=1S/C9H4N2O2S/c10-3-5-1-6-2-7(9(12)13)14-8(6)11-4-5/h1-2,4H,(H,12,13). The third-order valence-electron chi connectivity index (χ3n) is 1.71. The average molecular weight is 204 g/mol. The van der Waals surface area contributed by atoms with Crippen LogP contribution >= 0.6 is 11.3 Å². The Morgan fingerprint density at radius 1 is 1.57 bits per heavy atom. The van der Waals surface area contributed by atoms with E-state index >= 15 is 0 Å². The van der Waals surface area contributed by atoms with E-state index in [4.69, 9.17) is 10.4 Å². The van der Waals surface area contributed by atoms with Crippen molar-refractivity contribution in [3.05, 3.63) is 28.8 Å². The zero-order valence-corrected chi connectivity index (χ0v) is 7.71. The first-order valence-electron chi connectivity index (χ1n) is 3.73. The Morgan fingerprint density at radius 3 is 3.00 bits per heavy atom. The molecule has 0 saturated heterocycles. The first-order chi connectivity index (χ1) is 6.70. The normalized spacial score (nSPS) is 9.93. The van der Waals surface area contributed by atoms with E-state index in [9.17, 15) is 4.79 Å². The number of pyridine rings is 1. The minimum absolute atomic E-state index is 0.239. The van der Waals surface area contributed by atoms with Crippen molar-refractivity contribution < 1.29 is 9.90 Å². The van der Waals surface area contributed by atoms with Gasteiger partial charge < -0.3 is 5.11 Å². The minimum Gasteiger partial charge on any atom is -0.477 e. The number of aromatic nitrogens is 1. The fourth-order valence-electron chi connectivity index (χ4n) is 1.10. The van der Waals surface area contributed by atoms with Crippen LogP contribution in [0.5, 0.6) is 0 Å². The molecule has 68 valence electrons. The molecule has 0 aliphatic rings. The summed E-state index contributed by atoms with van der Waals surface area (Å²) in [6.07, 6.45) is 1.43. The smallest absolute Gasteiger partial charge is 0.345 e. The summed E-state index contributed by atoms with van der Waals surface area (Å²) in [7, 11) is 0. The molecule has 0 atom stereocenters. The topological polar surface area (TPSA) is 74.0 Å². The van der Waals surface area contributed by atoms with Crippen LogP contribution in [-0.4, -0.2) is 16.1 Å². The van der Waals surface area contributed by atoms with E-state index in [1.54, 1.807) is 6.07 Å². The lowest BCUT2D eigenvalue weighted by atomic mass is 10.2. The van der Waals surface area contributed by atoms with Gasteiger partial charge in [0.25, 0.3) is 0 Å². The first-order valence-corrected chi connectivity index (χ1v) is 4.55. The van der Waals surface area contributed by atoms with E-state index in [-0.39, 0.29) is 4.88 Å². The molecule has 2 heterocycles. The highest BCUT2D eigenvalue weighted by Gasteiger charge is 2.09. The van der Waals surface area contributed by atoms with Crippen molar-refractivity contribution in [2.75, 3.05) is 0 Å². The van der Waals surface area contributed by atoms with Crippen molar-refractivity contribution >= 4 is 27.5 Å². The van der Waals surface area contributed by atoms with Crippen molar-refractivity contribution in [3.63, 3.8) is 0 Å². The summed E-state index contributed by atoms with van der Waals surface area (Å²) in [5.41, 5.74) is 0.437. The molecule has 0 saturated carbocycles. The largest absolute Gasteiger partial charge is 0.477 e. The summed E-state index contributed by atoms with van der Waals surface area (Å²) in [6.45, 7) is 0. The minimum atomic E-state index is -0.966. The Kier molecular flexibility index (Phi) is 1.91. The van der Waals surface area contributed by atoms with Gasteiger partial charge in [-0.05, 0) is 12.1 Å². The number of carboxylic acids is 1. The van der Waals surface area contributed by atoms with Crippen LogP contribution in [-0.2, 0) is 0 Å². The van der Waals surface area contributed by atoms with Gasteiger partial charge in [0, 0.05) is 11.6 Å². The van der Waals surface area contributed by atoms with Gasteiger partial charge in [-0.3, -0.25) is 0 Å². The van der Waals surface area contributed by atoms with E-state index in [1.807, 2.05) is 6.07 Å². The summed E-state index contributed by atoms with van der Waals surface area (Å²) in [6, 6.07) is 5.11. The maximum Gasteiger partial charge on any atom is 0.345 e. The Balaban J connectivity index is 2.67. The molecular formula is C9H4N2O2S. The fraction of sp³-hybridized carbons (Fsp3) is 0. The summed E-state index contributed by atoms with van der Waals surface area (Å²) in [5.74, 6) is -0.966. The van der Waals surface area contributed by atoms with Gasteiger partial charge in [0.2, 0.25) is 0 Å². The quantitative estimate of drug-likeness (QED) is 0.769. The predicted octanol–water partition coefficient (Wildman–Crippen LogP) is 1.87. The number of fused-ring (bicyclic) bond motifs is 1. The second kappa shape index (κ2) is 3.09. The molecule has 2 rings (SSSR count). The highest BCUT2D eigenvalue weighted by molar-refractivity contribution is 7.20. The number of thiophene rings is 1. The highest BCUT2D eigenvalue weighted by Crippen LogP contribution is 2.24. The third kappa shape index (κ3) is 1.32. The lowest BCUT2D eigenvalue weighted by Crippen LogP contribution is -1.89. The van der Waals surface area contributed by atoms with Gasteiger partial charge in [-0.2, -0.15) is 5.26 Å². The molecule has 1 N–H and O–H groups in total.